The van der Waals surface area contributed by atoms with Crippen LogP contribution in [-0.4, -0.2) is 9.97 Å². The number of benzene rings is 1. The molecule has 0 aliphatic carbocycles. The number of hydrogen-bond acceptors (Lipinski definition) is 5. The zero-order chi connectivity index (χ0) is 19.1. The normalized spacial score (nSPS) is 11.4. The van der Waals surface area contributed by atoms with Crippen molar-refractivity contribution in [2.45, 2.75) is 13.3 Å². The lowest BCUT2D eigenvalue weighted by atomic mass is 9.99. The molecule has 0 bridgehead atoms. The van der Waals surface area contributed by atoms with Gasteiger partial charge in [0.15, 0.2) is 5.58 Å². The topological polar surface area (TPSA) is 91.0 Å². The van der Waals surface area contributed by atoms with Crippen molar-refractivity contribution in [3.05, 3.63) is 60.0 Å². The molecule has 4 N–H and O–H groups in total. The number of alkyl halides is 2. The van der Waals surface area contributed by atoms with Gasteiger partial charge >= 0.3 is 0 Å². The third-order valence-corrected chi connectivity index (χ3v) is 4.40. The number of nitrogens with zero attached hydrogens (tertiary/aromatic N) is 2. The van der Waals surface area contributed by atoms with Gasteiger partial charge in [0.2, 0.25) is 5.88 Å². The van der Waals surface area contributed by atoms with Gasteiger partial charge in [-0.05, 0) is 30.7 Å². The Balaban J connectivity index is 1.99. The number of aromatic nitrogens is 2. The molecule has 4 rings (SSSR count). The van der Waals surface area contributed by atoms with Crippen molar-refractivity contribution in [1.29, 1.82) is 0 Å². The summed E-state index contributed by atoms with van der Waals surface area (Å²) >= 11 is 0. The molecule has 0 spiro atoms. The van der Waals surface area contributed by atoms with Gasteiger partial charge in [0.1, 0.15) is 11.4 Å². The summed E-state index contributed by atoms with van der Waals surface area (Å²) in [5, 5.41) is 0.554. The summed E-state index contributed by atoms with van der Waals surface area (Å²) in [6.45, 7) is 1.87. The molecule has 3 aromatic heterocycles. The van der Waals surface area contributed by atoms with Gasteiger partial charge in [-0.1, -0.05) is 18.2 Å². The van der Waals surface area contributed by atoms with Gasteiger partial charge in [-0.3, -0.25) is 9.97 Å². The lowest BCUT2D eigenvalue weighted by Crippen LogP contribution is -1.93. The van der Waals surface area contributed by atoms with E-state index in [1.165, 1.54) is 12.1 Å². The van der Waals surface area contributed by atoms with Gasteiger partial charge in [-0.2, -0.15) is 0 Å². The van der Waals surface area contributed by atoms with Crippen molar-refractivity contribution in [2.24, 2.45) is 0 Å². The number of furan rings is 1. The van der Waals surface area contributed by atoms with Crippen LogP contribution in [0.25, 0.3) is 33.4 Å². The summed E-state index contributed by atoms with van der Waals surface area (Å²) in [6.07, 6.45) is 0.705. The van der Waals surface area contributed by atoms with Gasteiger partial charge in [0.25, 0.3) is 6.43 Å². The molecule has 3 heterocycles. The smallest absolute Gasteiger partial charge is 0.263 e. The second-order valence-corrected chi connectivity index (χ2v) is 6.22. The van der Waals surface area contributed by atoms with Crippen LogP contribution in [0.1, 0.15) is 17.7 Å². The molecule has 0 atom stereocenters. The predicted octanol–water partition coefficient (Wildman–Crippen LogP) is 4.97. The fraction of sp³-hybridized carbons (Fsp3) is 0.100. The standard InChI is InChI=1S/C20H16F2N4O/c1-10-7-12(5-6-25-10)17-18-15(16(23)20(24)27-18)14(9-26-17)11-3-2-4-13(8-11)19(21)22/h2-9,19H,23-24H2,1H3. The number of rotatable bonds is 3. The molecule has 0 amide bonds. The van der Waals surface area contributed by atoms with Crippen molar-refractivity contribution in [3.63, 3.8) is 0 Å². The Morgan fingerprint density at radius 3 is 2.59 bits per heavy atom. The fourth-order valence-electron chi connectivity index (χ4n) is 3.11. The molecule has 0 saturated heterocycles. The number of halogens is 2. The number of nitrogens with two attached hydrogens (primary N) is 2. The highest BCUT2D eigenvalue weighted by atomic mass is 19.3. The van der Waals surface area contributed by atoms with E-state index in [0.717, 1.165) is 11.3 Å². The van der Waals surface area contributed by atoms with E-state index in [1.807, 2.05) is 13.0 Å². The van der Waals surface area contributed by atoms with E-state index in [-0.39, 0.29) is 17.1 Å². The van der Waals surface area contributed by atoms with E-state index < -0.39 is 6.43 Å². The third kappa shape index (κ3) is 2.87. The lowest BCUT2D eigenvalue weighted by molar-refractivity contribution is 0.151. The molecule has 0 radical (unpaired) electrons. The summed E-state index contributed by atoms with van der Waals surface area (Å²) in [5.41, 5.74) is 16.0. The molecule has 1 aromatic carbocycles. The van der Waals surface area contributed by atoms with E-state index in [2.05, 4.69) is 9.97 Å². The molecular weight excluding hydrogens is 350 g/mol. The molecule has 7 heteroatoms. The van der Waals surface area contributed by atoms with E-state index in [1.54, 1.807) is 30.6 Å². The highest BCUT2D eigenvalue weighted by Gasteiger charge is 2.20. The second kappa shape index (κ2) is 6.35. The molecule has 0 aliphatic heterocycles. The maximum atomic E-state index is 13.1. The number of pyridine rings is 2. The van der Waals surface area contributed by atoms with Gasteiger partial charge in [0, 0.05) is 34.8 Å². The zero-order valence-corrected chi connectivity index (χ0v) is 14.4. The van der Waals surface area contributed by atoms with Gasteiger partial charge in [-0.25, -0.2) is 8.78 Å². The minimum Gasteiger partial charge on any atom is -0.436 e. The Hall–Kier alpha value is -3.48. The van der Waals surface area contributed by atoms with Gasteiger partial charge in [-0.15, -0.1) is 0 Å². The third-order valence-electron chi connectivity index (χ3n) is 4.40. The molecule has 0 unspecified atom stereocenters. The van der Waals surface area contributed by atoms with Crippen LogP contribution in [0.15, 0.2) is 53.2 Å². The van der Waals surface area contributed by atoms with Crippen LogP contribution < -0.4 is 11.5 Å². The molecule has 0 fully saturated rings. The highest BCUT2D eigenvalue weighted by Crippen LogP contribution is 2.42. The van der Waals surface area contributed by atoms with Crippen molar-refractivity contribution in [2.75, 3.05) is 11.5 Å². The largest absolute Gasteiger partial charge is 0.436 e. The Morgan fingerprint density at radius 1 is 1.04 bits per heavy atom. The monoisotopic (exact) mass is 366 g/mol. The van der Waals surface area contributed by atoms with Crippen molar-refractivity contribution in [3.8, 4) is 22.4 Å². The first kappa shape index (κ1) is 17.0. The molecule has 0 aliphatic rings. The van der Waals surface area contributed by atoms with E-state index >= 15 is 0 Å². The van der Waals surface area contributed by atoms with E-state index in [9.17, 15) is 8.78 Å². The lowest BCUT2D eigenvalue weighted by Gasteiger charge is -2.09. The van der Waals surface area contributed by atoms with Crippen LogP contribution in [0.4, 0.5) is 20.4 Å². The first-order valence-electron chi connectivity index (χ1n) is 8.23. The molecule has 4 aromatic rings. The average Bonchev–Trinajstić information content (AvgIpc) is 2.96. The summed E-state index contributed by atoms with van der Waals surface area (Å²) < 4.78 is 31.9. The Morgan fingerprint density at radius 2 is 1.85 bits per heavy atom. The maximum Gasteiger partial charge on any atom is 0.263 e. The minimum atomic E-state index is -2.57. The van der Waals surface area contributed by atoms with Crippen LogP contribution in [0.5, 0.6) is 0 Å². The zero-order valence-electron chi connectivity index (χ0n) is 14.4. The number of anilines is 2. The summed E-state index contributed by atoms with van der Waals surface area (Å²) in [5.74, 6) is 0.0660. The van der Waals surface area contributed by atoms with Gasteiger partial charge < -0.3 is 15.9 Å². The molecule has 0 saturated carbocycles. The summed E-state index contributed by atoms with van der Waals surface area (Å²) in [4.78, 5) is 8.68. The van der Waals surface area contributed by atoms with Crippen LogP contribution in [0.2, 0.25) is 0 Å². The molecule has 5 nitrogen and oxygen atoms in total. The van der Waals surface area contributed by atoms with E-state index in [4.69, 9.17) is 15.9 Å². The average molecular weight is 366 g/mol. The summed E-state index contributed by atoms with van der Waals surface area (Å²) in [6, 6.07) is 9.76. The number of hydrogen-bond donors (Lipinski definition) is 2. The van der Waals surface area contributed by atoms with Crippen LogP contribution in [0, 0.1) is 6.92 Å². The summed E-state index contributed by atoms with van der Waals surface area (Å²) in [7, 11) is 0. The SMILES string of the molecule is Cc1cc(-c2ncc(-c3cccc(C(F)F)c3)c3c(N)c(N)oc23)ccn1. The molecule has 27 heavy (non-hydrogen) atoms. The van der Waals surface area contributed by atoms with Crippen molar-refractivity contribution < 1.29 is 13.2 Å². The minimum absolute atomic E-state index is 0.0660. The second-order valence-electron chi connectivity index (χ2n) is 6.22. The van der Waals surface area contributed by atoms with Crippen LogP contribution in [0.3, 0.4) is 0 Å². The van der Waals surface area contributed by atoms with Crippen molar-refractivity contribution in [1.82, 2.24) is 9.97 Å². The number of aryl methyl sites for hydroxylation is 1. The van der Waals surface area contributed by atoms with Crippen LogP contribution in [-0.2, 0) is 0 Å². The maximum absolute atomic E-state index is 13.1. The Bertz CT molecular complexity index is 1150. The quantitative estimate of drug-likeness (QED) is 0.534. The number of nitrogen functional groups attached to an aromatic ring is 2. The number of fused-ring (bicyclic) bond motifs is 1. The van der Waals surface area contributed by atoms with Gasteiger partial charge in [0.05, 0.1) is 5.39 Å². The van der Waals surface area contributed by atoms with Crippen LogP contribution >= 0.6 is 0 Å². The Labute approximate surface area is 153 Å². The Kier molecular flexibility index (Phi) is 3.99. The molecule has 136 valence electrons. The predicted molar refractivity (Wildman–Crippen MR) is 101 cm³/mol. The molecular formula is C20H16F2N4O. The first-order chi connectivity index (χ1) is 13.0. The first-order valence-corrected chi connectivity index (χ1v) is 8.23. The highest BCUT2D eigenvalue weighted by molar-refractivity contribution is 6.09. The van der Waals surface area contributed by atoms with E-state index in [0.29, 0.717) is 27.8 Å². The van der Waals surface area contributed by atoms with Crippen molar-refractivity contribution >= 4 is 22.5 Å². The fourth-order valence-corrected chi connectivity index (χ4v) is 3.11.